The summed E-state index contributed by atoms with van der Waals surface area (Å²) in [5, 5.41) is 16.7. The van der Waals surface area contributed by atoms with E-state index in [0.29, 0.717) is 35.3 Å². The number of carbonyl (C=O) groups excluding carboxylic acids is 3. The third-order valence-corrected chi connectivity index (χ3v) is 12.8. The van der Waals surface area contributed by atoms with Crippen LogP contribution in [0.25, 0.3) is 5.65 Å². The molecule has 0 radical (unpaired) electrons. The van der Waals surface area contributed by atoms with Gasteiger partial charge in [-0.2, -0.15) is 10.4 Å². The van der Waals surface area contributed by atoms with E-state index >= 15 is 0 Å². The molecule has 57 heavy (non-hydrogen) atoms. The van der Waals surface area contributed by atoms with Crippen molar-refractivity contribution in [1.82, 2.24) is 29.9 Å². The van der Waals surface area contributed by atoms with Crippen LogP contribution in [0.1, 0.15) is 52.5 Å². The van der Waals surface area contributed by atoms with E-state index in [-0.39, 0.29) is 12.3 Å². The topological polar surface area (TPSA) is 186 Å². The number of aromatic nitrogens is 2. The average Bonchev–Trinajstić information content (AvgIpc) is 3.59. The molecule has 300 valence electrons. The van der Waals surface area contributed by atoms with Crippen molar-refractivity contribution in [3.8, 4) is 17.6 Å². The molecule has 16 nitrogen and oxygen atoms in total. The molecule has 5 aliphatic rings. The van der Waals surface area contributed by atoms with E-state index in [0.717, 1.165) is 75.8 Å². The predicted molar refractivity (Wildman–Crippen MR) is 214 cm³/mol. The molecule has 6 heterocycles. The van der Waals surface area contributed by atoms with Crippen LogP contribution < -0.4 is 35.7 Å². The van der Waals surface area contributed by atoms with Crippen molar-refractivity contribution in [2.24, 2.45) is 27.6 Å². The lowest BCUT2D eigenvalue weighted by Gasteiger charge is -2.71. The number of urea groups is 1. The summed E-state index contributed by atoms with van der Waals surface area (Å²) in [4.78, 5) is 50.8. The maximum absolute atomic E-state index is 13.6. The van der Waals surface area contributed by atoms with Crippen LogP contribution in [0, 0.1) is 28.1 Å². The maximum Gasteiger partial charge on any atom is 0.329 e. The van der Waals surface area contributed by atoms with Crippen LogP contribution in [0.2, 0.25) is 0 Å². The summed E-state index contributed by atoms with van der Waals surface area (Å²) in [6.07, 6.45) is 9.49. The highest BCUT2D eigenvalue weighted by atomic mass is 16.5. The number of imide groups is 1. The fourth-order valence-electron chi connectivity index (χ4n) is 10.4. The third-order valence-electron chi connectivity index (χ3n) is 12.8. The first-order valence-electron chi connectivity index (χ1n) is 19.6. The number of fused-ring (bicyclic) bond motifs is 1. The minimum Gasteiger partial charge on any atom is -0.495 e. The Morgan fingerprint density at radius 1 is 1.04 bits per heavy atom. The Balaban J connectivity index is 0.857. The number of hydrazone groups is 1. The molecule has 3 aromatic rings. The van der Waals surface area contributed by atoms with Crippen molar-refractivity contribution in [3.63, 3.8) is 0 Å². The lowest BCUT2D eigenvalue weighted by Crippen LogP contribution is -2.85. The molecule has 4 fully saturated rings. The number of amidine groups is 1. The van der Waals surface area contributed by atoms with Crippen molar-refractivity contribution in [1.29, 1.82) is 5.26 Å². The van der Waals surface area contributed by atoms with Gasteiger partial charge in [0.05, 0.1) is 18.9 Å². The van der Waals surface area contributed by atoms with Gasteiger partial charge in [0.25, 0.3) is 5.91 Å². The number of nitrogens with zero attached hydrogens (tertiary/aromatic N) is 8. The predicted octanol–water partition coefficient (Wildman–Crippen LogP) is 3.08. The zero-order valence-electron chi connectivity index (χ0n) is 33.2. The summed E-state index contributed by atoms with van der Waals surface area (Å²) >= 11 is 0. The van der Waals surface area contributed by atoms with Gasteiger partial charge in [0.2, 0.25) is 5.91 Å². The summed E-state index contributed by atoms with van der Waals surface area (Å²) in [6, 6.07) is 10.9. The van der Waals surface area contributed by atoms with Crippen molar-refractivity contribution in [2.45, 2.75) is 58.1 Å². The Labute approximate surface area is 332 Å². The number of ether oxygens (including phenoxy) is 2. The Bertz CT molecular complexity index is 2190. The van der Waals surface area contributed by atoms with Crippen molar-refractivity contribution in [2.75, 3.05) is 69.3 Å². The zero-order chi connectivity index (χ0) is 40.3. The van der Waals surface area contributed by atoms with Gasteiger partial charge in [0, 0.05) is 87.1 Å². The first kappa shape index (κ1) is 38.1. The number of pyridine rings is 1. The number of primary amides is 1. The maximum atomic E-state index is 13.6. The van der Waals surface area contributed by atoms with E-state index in [1.807, 2.05) is 28.8 Å². The first-order chi connectivity index (χ1) is 27.2. The smallest absolute Gasteiger partial charge is 0.329 e. The number of piperazine rings is 1. The Hall–Kier alpha value is -5.82. The molecule has 3 saturated heterocycles. The van der Waals surface area contributed by atoms with Gasteiger partial charge in [-0.1, -0.05) is 27.7 Å². The number of rotatable bonds is 10. The van der Waals surface area contributed by atoms with E-state index < -0.39 is 33.9 Å². The number of hydrogen-bond donors (Lipinski definition) is 3. The van der Waals surface area contributed by atoms with Gasteiger partial charge in [-0.05, 0) is 55.7 Å². The number of nitrogens with one attached hydrogen (secondary N) is 2. The molecule has 1 aliphatic carbocycles. The second-order valence-corrected chi connectivity index (χ2v) is 17.2. The SMILES string of the molecule is COc1cc(OC2([C@@]3(C(N)=O)C=CC(N4CC(CCN5CCN(c6ccn7c(N8CCC(=O)NC8=O)cnc7c6)CC5)C4)=NN3)C(C)(C)CC2(C)C)ccc1C#N. The van der Waals surface area contributed by atoms with Crippen LogP contribution in [0.3, 0.4) is 0 Å². The average molecular weight is 778 g/mol. The van der Waals surface area contributed by atoms with E-state index in [1.165, 1.54) is 7.11 Å². The highest BCUT2D eigenvalue weighted by Crippen LogP contribution is 2.68. The molecule has 4 amide bonds. The first-order valence-corrected chi connectivity index (χ1v) is 19.6. The Morgan fingerprint density at radius 3 is 2.42 bits per heavy atom. The normalized spacial score (nSPS) is 24.1. The monoisotopic (exact) mass is 777 g/mol. The molecular formula is C41H51N11O5. The molecular weight excluding hydrogens is 727 g/mol. The van der Waals surface area contributed by atoms with Crippen molar-refractivity contribution in [3.05, 3.63) is 60.4 Å². The van der Waals surface area contributed by atoms with Gasteiger partial charge >= 0.3 is 6.03 Å². The fourth-order valence-corrected chi connectivity index (χ4v) is 10.4. The Morgan fingerprint density at radius 2 is 1.79 bits per heavy atom. The van der Waals surface area contributed by atoms with Gasteiger partial charge in [0.15, 0.2) is 11.1 Å². The minimum atomic E-state index is -1.45. The molecule has 1 saturated carbocycles. The number of nitrogens with two attached hydrogens (primary N) is 1. The van der Waals surface area contributed by atoms with Crippen LogP contribution in [-0.2, 0) is 9.59 Å². The number of carbonyl (C=O) groups is 3. The van der Waals surface area contributed by atoms with Crippen molar-refractivity contribution >= 4 is 40.8 Å². The van der Waals surface area contributed by atoms with E-state index in [2.05, 4.69) is 70.3 Å². The number of nitriles is 1. The van der Waals surface area contributed by atoms with Gasteiger partial charge in [-0.3, -0.25) is 34.5 Å². The number of methoxy groups -OCH3 is 1. The molecule has 4 N–H and O–H groups in total. The molecule has 2 aromatic heterocycles. The number of likely N-dealkylation sites (tertiary alicyclic amines) is 1. The number of amides is 4. The van der Waals surface area contributed by atoms with Crippen LogP contribution in [-0.4, -0.2) is 113 Å². The molecule has 8 rings (SSSR count). The second-order valence-electron chi connectivity index (χ2n) is 17.2. The Kier molecular flexibility index (Phi) is 9.34. The highest BCUT2D eigenvalue weighted by Gasteiger charge is 2.78. The van der Waals surface area contributed by atoms with Crippen LogP contribution >= 0.6 is 0 Å². The molecule has 1 atom stereocenters. The van der Waals surface area contributed by atoms with Gasteiger partial charge in [0.1, 0.15) is 34.9 Å². The van der Waals surface area contributed by atoms with Gasteiger partial charge in [-0.25, -0.2) is 9.78 Å². The molecule has 0 spiro atoms. The summed E-state index contributed by atoms with van der Waals surface area (Å²) in [7, 11) is 1.51. The van der Waals surface area contributed by atoms with E-state index in [1.54, 1.807) is 29.3 Å². The highest BCUT2D eigenvalue weighted by molar-refractivity contribution is 6.05. The lowest BCUT2D eigenvalue weighted by atomic mass is 9.39. The van der Waals surface area contributed by atoms with E-state index in [4.69, 9.17) is 20.3 Å². The number of imidazole rings is 1. The second kappa shape index (κ2) is 14.0. The zero-order valence-corrected chi connectivity index (χ0v) is 33.2. The summed E-state index contributed by atoms with van der Waals surface area (Å²) < 4.78 is 14.3. The van der Waals surface area contributed by atoms with E-state index in [9.17, 15) is 19.6 Å². The molecule has 4 aliphatic heterocycles. The number of anilines is 2. The van der Waals surface area contributed by atoms with Crippen LogP contribution in [0.4, 0.5) is 16.3 Å². The largest absolute Gasteiger partial charge is 0.495 e. The van der Waals surface area contributed by atoms with Crippen LogP contribution in [0.15, 0.2) is 60.0 Å². The number of hydrogen-bond acceptors (Lipinski definition) is 12. The lowest BCUT2D eigenvalue weighted by molar-refractivity contribution is -0.258. The number of benzene rings is 1. The standard InChI is InChI=1S/C41H51N11O5/c1-38(2)26-39(3,4)41(38,57-30-7-6-28(22-42)31(21-30)56-5)40(36(43)54)12-8-32(46-47-40)50-24-27(25-50)9-13-48-16-18-49(19-17-48)29-10-14-51-33(20-29)44-23-35(51)52-15-11-34(53)45-37(52)55/h6-8,10,12,14,20-21,23,27,47H,9,11,13,15-19,24-26H2,1-5H3,(H2,43,54)(H,45,53,55)/t40-/m0/s1. The molecule has 1 aromatic carbocycles. The summed E-state index contributed by atoms with van der Waals surface area (Å²) in [5.74, 6) is 1.96. The summed E-state index contributed by atoms with van der Waals surface area (Å²) in [5.41, 5.74) is 8.20. The summed E-state index contributed by atoms with van der Waals surface area (Å²) in [6.45, 7) is 15.2. The van der Waals surface area contributed by atoms with Crippen molar-refractivity contribution < 1.29 is 23.9 Å². The van der Waals surface area contributed by atoms with Gasteiger partial charge in [-0.15, -0.1) is 0 Å². The molecule has 0 bridgehead atoms. The fraction of sp³-hybridized carbons (Fsp3) is 0.512. The quantitative estimate of drug-likeness (QED) is 0.275. The van der Waals surface area contributed by atoms with Crippen LogP contribution in [0.5, 0.6) is 11.5 Å². The molecule has 16 heteroatoms. The molecule has 0 unspecified atom stereocenters. The third kappa shape index (κ3) is 6.19. The van der Waals surface area contributed by atoms with Gasteiger partial charge < -0.3 is 25.0 Å². The minimum absolute atomic E-state index is 0.261.